The molecule has 3 amide bonds. The number of anilines is 1. The highest BCUT2D eigenvalue weighted by atomic mass is 32.2. The number of para-hydroxylation sites is 1. The Bertz CT molecular complexity index is 1250. The van der Waals surface area contributed by atoms with Crippen molar-refractivity contribution in [3.8, 4) is 0 Å². The van der Waals surface area contributed by atoms with Crippen LogP contribution in [0.4, 0.5) is 5.69 Å². The first-order valence-corrected chi connectivity index (χ1v) is 14.8. The SMILES string of the molecule is Cc1cccc(C)c1NC(=O)C1N([C@@H](CO)C(C)C)C(=O)[C@@H]2[C@H](C(=O)NCc3ccccc3)[C@@H]3CC(C)C12S3. The first-order chi connectivity index (χ1) is 18.6. The third kappa shape index (κ3) is 4.45. The predicted molar refractivity (Wildman–Crippen MR) is 154 cm³/mol. The van der Waals surface area contributed by atoms with E-state index in [-0.39, 0.29) is 41.4 Å². The summed E-state index contributed by atoms with van der Waals surface area (Å²) in [6, 6.07) is 14.3. The number of aliphatic hydroxyl groups excluding tert-OH is 1. The summed E-state index contributed by atoms with van der Waals surface area (Å²) in [5.74, 6) is -1.71. The van der Waals surface area contributed by atoms with Crippen LogP contribution in [-0.4, -0.2) is 56.4 Å². The molecule has 2 bridgehead atoms. The fourth-order valence-electron chi connectivity index (χ4n) is 7.14. The van der Waals surface area contributed by atoms with Crippen LogP contribution in [0.25, 0.3) is 0 Å². The molecule has 3 unspecified atom stereocenters. The highest BCUT2D eigenvalue weighted by Gasteiger charge is 2.76. The van der Waals surface area contributed by atoms with Gasteiger partial charge in [-0.05, 0) is 48.8 Å². The van der Waals surface area contributed by atoms with Crippen molar-refractivity contribution in [1.82, 2.24) is 10.2 Å². The zero-order valence-corrected chi connectivity index (χ0v) is 24.1. The van der Waals surface area contributed by atoms with Gasteiger partial charge in [0.05, 0.1) is 29.2 Å². The number of likely N-dealkylation sites (tertiary alicyclic amines) is 1. The number of hydrogen-bond acceptors (Lipinski definition) is 5. The first-order valence-electron chi connectivity index (χ1n) is 13.9. The number of aryl methyl sites for hydroxylation is 2. The van der Waals surface area contributed by atoms with Crippen LogP contribution in [-0.2, 0) is 20.9 Å². The number of benzene rings is 2. The Morgan fingerprint density at radius 3 is 2.36 bits per heavy atom. The average molecular weight is 550 g/mol. The number of rotatable bonds is 8. The fourth-order valence-corrected chi connectivity index (χ4v) is 9.55. The Kier molecular flexibility index (Phi) is 7.55. The molecule has 7 atom stereocenters. The van der Waals surface area contributed by atoms with Crippen LogP contribution >= 0.6 is 11.8 Å². The van der Waals surface area contributed by atoms with E-state index in [4.69, 9.17) is 0 Å². The van der Waals surface area contributed by atoms with Crippen LogP contribution in [0.1, 0.15) is 43.9 Å². The summed E-state index contributed by atoms with van der Waals surface area (Å²) in [5, 5.41) is 16.6. The molecule has 1 spiro atoms. The van der Waals surface area contributed by atoms with E-state index in [0.717, 1.165) is 28.8 Å². The zero-order chi connectivity index (χ0) is 28.1. The monoisotopic (exact) mass is 549 g/mol. The molecule has 208 valence electrons. The van der Waals surface area contributed by atoms with E-state index in [9.17, 15) is 19.5 Å². The predicted octanol–water partition coefficient (Wildman–Crippen LogP) is 3.91. The standard InChI is InChI=1S/C31H39N3O4S/c1-17(2)22(16-35)34-27(29(37)33-26-18(3)10-9-11-19(26)4)31-20(5)14-23(39-31)24(25(31)30(34)38)28(36)32-15-21-12-7-6-8-13-21/h6-13,17,20,22-25,27,35H,14-16H2,1-5H3,(H,32,36)(H,33,37)/t20?,22-,23-,24+,25-,27?,31?/m0/s1. The van der Waals surface area contributed by atoms with E-state index < -0.39 is 28.7 Å². The molecule has 3 saturated heterocycles. The number of carbonyl (C=O) groups excluding carboxylic acids is 3. The summed E-state index contributed by atoms with van der Waals surface area (Å²) in [6.45, 7) is 10.1. The van der Waals surface area contributed by atoms with Crippen molar-refractivity contribution >= 4 is 35.2 Å². The summed E-state index contributed by atoms with van der Waals surface area (Å²) in [6.07, 6.45) is 0.768. The lowest BCUT2D eigenvalue weighted by Gasteiger charge is -2.41. The van der Waals surface area contributed by atoms with Gasteiger partial charge in [0.15, 0.2) is 0 Å². The molecular weight excluding hydrogens is 510 g/mol. The Hall–Kier alpha value is -2.84. The second kappa shape index (κ2) is 10.6. The number of thioether (sulfide) groups is 1. The van der Waals surface area contributed by atoms with Gasteiger partial charge in [-0.1, -0.05) is 69.3 Å². The van der Waals surface area contributed by atoms with Gasteiger partial charge in [0.25, 0.3) is 0 Å². The Morgan fingerprint density at radius 2 is 1.74 bits per heavy atom. The minimum Gasteiger partial charge on any atom is -0.394 e. The fraction of sp³-hybridized carbons (Fsp3) is 0.516. The first kappa shape index (κ1) is 27.7. The van der Waals surface area contributed by atoms with Gasteiger partial charge in [0, 0.05) is 17.5 Å². The van der Waals surface area contributed by atoms with Crippen LogP contribution in [0.2, 0.25) is 0 Å². The summed E-state index contributed by atoms with van der Waals surface area (Å²) >= 11 is 1.65. The van der Waals surface area contributed by atoms with Gasteiger partial charge in [-0.15, -0.1) is 11.8 Å². The second-order valence-corrected chi connectivity index (χ2v) is 13.3. The number of aliphatic hydroxyl groups is 1. The molecule has 2 aromatic carbocycles. The van der Waals surface area contributed by atoms with Crippen LogP contribution in [0, 0.1) is 37.5 Å². The largest absolute Gasteiger partial charge is 0.394 e. The Morgan fingerprint density at radius 1 is 1.08 bits per heavy atom. The van der Waals surface area contributed by atoms with Crippen molar-refractivity contribution in [2.45, 2.75) is 69.7 Å². The lowest BCUT2D eigenvalue weighted by atomic mass is 9.66. The van der Waals surface area contributed by atoms with Crippen molar-refractivity contribution < 1.29 is 19.5 Å². The topological polar surface area (TPSA) is 98.7 Å². The molecule has 5 rings (SSSR count). The second-order valence-electron chi connectivity index (χ2n) is 11.8. The van der Waals surface area contributed by atoms with Crippen molar-refractivity contribution in [3.05, 3.63) is 65.2 Å². The van der Waals surface area contributed by atoms with Crippen LogP contribution in [0.5, 0.6) is 0 Å². The molecule has 2 aromatic rings. The number of nitrogens with zero attached hydrogens (tertiary/aromatic N) is 1. The van der Waals surface area contributed by atoms with Gasteiger partial charge >= 0.3 is 0 Å². The van der Waals surface area contributed by atoms with E-state index >= 15 is 0 Å². The molecule has 8 heteroatoms. The molecule has 0 aliphatic carbocycles. The normalized spacial score (nSPS) is 30.0. The number of hydrogen-bond donors (Lipinski definition) is 3. The van der Waals surface area contributed by atoms with E-state index in [1.807, 2.05) is 76.2 Å². The minimum atomic E-state index is -0.787. The third-order valence-electron chi connectivity index (χ3n) is 9.09. The molecule has 3 aliphatic rings. The van der Waals surface area contributed by atoms with Crippen molar-refractivity contribution in [3.63, 3.8) is 0 Å². The molecule has 3 N–H and O–H groups in total. The van der Waals surface area contributed by atoms with E-state index in [1.54, 1.807) is 16.7 Å². The molecule has 3 fully saturated rings. The van der Waals surface area contributed by atoms with Crippen LogP contribution < -0.4 is 10.6 Å². The Labute approximate surface area is 235 Å². The van der Waals surface area contributed by atoms with E-state index in [2.05, 4.69) is 17.6 Å². The molecule has 0 radical (unpaired) electrons. The van der Waals surface area contributed by atoms with Gasteiger partial charge in [-0.2, -0.15) is 0 Å². The van der Waals surface area contributed by atoms with E-state index in [1.165, 1.54) is 0 Å². The maximum atomic E-state index is 14.4. The molecule has 0 aromatic heterocycles. The third-order valence-corrected chi connectivity index (χ3v) is 11.2. The summed E-state index contributed by atoms with van der Waals surface area (Å²) in [4.78, 5) is 44.0. The highest BCUT2D eigenvalue weighted by Crippen LogP contribution is 2.69. The maximum absolute atomic E-state index is 14.4. The molecular formula is C31H39N3O4S. The summed E-state index contributed by atoms with van der Waals surface area (Å²) < 4.78 is -0.737. The lowest BCUT2D eigenvalue weighted by molar-refractivity contribution is -0.143. The minimum absolute atomic E-state index is 0.0333. The van der Waals surface area contributed by atoms with Gasteiger partial charge in [-0.3, -0.25) is 14.4 Å². The quantitative estimate of drug-likeness (QED) is 0.464. The summed E-state index contributed by atoms with van der Waals surface area (Å²) in [5.41, 5.74) is 3.65. The molecule has 3 aliphatic heterocycles. The smallest absolute Gasteiger partial charge is 0.248 e. The van der Waals surface area contributed by atoms with Gasteiger partial charge < -0.3 is 20.6 Å². The lowest BCUT2D eigenvalue weighted by Crippen LogP contribution is -2.58. The summed E-state index contributed by atoms with van der Waals surface area (Å²) in [7, 11) is 0. The van der Waals surface area contributed by atoms with Gasteiger partial charge in [0.1, 0.15) is 6.04 Å². The van der Waals surface area contributed by atoms with Crippen LogP contribution in [0.15, 0.2) is 48.5 Å². The van der Waals surface area contributed by atoms with Crippen molar-refractivity contribution in [1.29, 1.82) is 0 Å². The van der Waals surface area contributed by atoms with Gasteiger partial charge in [-0.25, -0.2) is 0 Å². The van der Waals surface area contributed by atoms with E-state index in [0.29, 0.717) is 6.54 Å². The molecule has 0 saturated carbocycles. The van der Waals surface area contributed by atoms with Crippen LogP contribution in [0.3, 0.4) is 0 Å². The van der Waals surface area contributed by atoms with Crippen molar-refractivity contribution in [2.24, 2.45) is 23.7 Å². The number of fused-ring (bicyclic) bond motifs is 1. The highest BCUT2D eigenvalue weighted by molar-refractivity contribution is 8.02. The number of nitrogens with one attached hydrogen (secondary N) is 2. The number of amides is 3. The van der Waals surface area contributed by atoms with Gasteiger partial charge in [0.2, 0.25) is 17.7 Å². The Balaban J connectivity index is 1.52. The number of carbonyl (C=O) groups is 3. The molecule has 39 heavy (non-hydrogen) atoms. The zero-order valence-electron chi connectivity index (χ0n) is 23.3. The molecule has 3 heterocycles. The average Bonchev–Trinajstić information content (AvgIpc) is 3.50. The van der Waals surface area contributed by atoms with Crippen molar-refractivity contribution in [2.75, 3.05) is 11.9 Å². The molecule has 7 nitrogen and oxygen atoms in total. The maximum Gasteiger partial charge on any atom is 0.248 e.